The molecule has 1 saturated carbocycles. The Hall–Kier alpha value is -2.03. The van der Waals surface area contributed by atoms with Gasteiger partial charge in [-0.05, 0) is 32.6 Å². The second-order valence-corrected chi connectivity index (χ2v) is 7.21. The van der Waals surface area contributed by atoms with Gasteiger partial charge in [-0.25, -0.2) is 4.98 Å². The molecule has 1 fully saturated rings. The first kappa shape index (κ1) is 16.8. The Kier molecular flexibility index (Phi) is 5.08. The van der Waals surface area contributed by atoms with Gasteiger partial charge in [0.25, 0.3) is 0 Å². The van der Waals surface area contributed by atoms with Crippen molar-refractivity contribution in [3.05, 3.63) is 40.2 Å². The van der Waals surface area contributed by atoms with Crippen molar-refractivity contribution in [2.45, 2.75) is 38.7 Å². The SMILES string of the molecule is Cc1ccc(-c2csc([C@H](C#N)C(=O)[C@H](C)OCC3CC3)n2)cc1. The van der Waals surface area contributed by atoms with Gasteiger partial charge in [0.05, 0.1) is 18.4 Å². The van der Waals surface area contributed by atoms with E-state index in [4.69, 9.17) is 4.74 Å². The number of aryl methyl sites for hydroxylation is 1. The number of Topliss-reactive ketones (excluding diaryl/α,β-unsaturated/α-hetero) is 1. The lowest BCUT2D eigenvalue weighted by atomic mass is 10.0. The number of benzene rings is 1. The molecular formula is C19H20N2O2S. The summed E-state index contributed by atoms with van der Waals surface area (Å²) in [5, 5.41) is 11.9. The molecule has 4 nitrogen and oxygen atoms in total. The van der Waals surface area contributed by atoms with Gasteiger partial charge in [-0.15, -0.1) is 11.3 Å². The predicted octanol–water partition coefficient (Wildman–Crippen LogP) is 4.11. The molecule has 3 rings (SSSR count). The van der Waals surface area contributed by atoms with Crippen molar-refractivity contribution in [3.8, 4) is 17.3 Å². The number of thiazole rings is 1. The monoisotopic (exact) mass is 340 g/mol. The van der Waals surface area contributed by atoms with Crippen LogP contribution in [0.25, 0.3) is 11.3 Å². The summed E-state index contributed by atoms with van der Waals surface area (Å²) in [4.78, 5) is 17.0. The van der Waals surface area contributed by atoms with Crippen LogP contribution in [0.1, 0.15) is 36.3 Å². The highest BCUT2D eigenvalue weighted by atomic mass is 32.1. The van der Waals surface area contributed by atoms with E-state index in [0.717, 1.165) is 11.3 Å². The number of ketones is 1. The van der Waals surface area contributed by atoms with Crippen LogP contribution < -0.4 is 0 Å². The fourth-order valence-corrected chi connectivity index (χ4v) is 3.28. The number of rotatable bonds is 7. The summed E-state index contributed by atoms with van der Waals surface area (Å²) in [5.41, 5.74) is 2.97. The van der Waals surface area contributed by atoms with Gasteiger partial charge in [0.1, 0.15) is 11.1 Å². The molecule has 1 aromatic heterocycles. The van der Waals surface area contributed by atoms with Crippen molar-refractivity contribution in [2.75, 3.05) is 6.61 Å². The fourth-order valence-electron chi connectivity index (χ4n) is 2.40. The minimum Gasteiger partial charge on any atom is -0.370 e. The molecule has 0 amide bonds. The van der Waals surface area contributed by atoms with Gasteiger partial charge in [0.15, 0.2) is 11.7 Å². The maximum atomic E-state index is 12.5. The molecule has 2 atom stereocenters. The molecule has 24 heavy (non-hydrogen) atoms. The third kappa shape index (κ3) is 3.89. The first-order chi connectivity index (χ1) is 11.6. The van der Waals surface area contributed by atoms with E-state index in [-0.39, 0.29) is 5.78 Å². The highest BCUT2D eigenvalue weighted by Gasteiger charge is 2.30. The third-order valence-corrected chi connectivity index (χ3v) is 5.12. The lowest BCUT2D eigenvalue weighted by molar-refractivity contribution is -0.130. The largest absolute Gasteiger partial charge is 0.370 e. The van der Waals surface area contributed by atoms with Gasteiger partial charge >= 0.3 is 0 Å². The summed E-state index contributed by atoms with van der Waals surface area (Å²) in [7, 11) is 0. The van der Waals surface area contributed by atoms with Crippen LogP contribution in [0.3, 0.4) is 0 Å². The van der Waals surface area contributed by atoms with E-state index in [1.54, 1.807) is 6.92 Å². The van der Waals surface area contributed by atoms with E-state index in [0.29, 0.717) is 17.5 Å². The van der Waals surface area contributed by atoms with Gasteiger partial charge in [0, 0.05) is 10.9 Å². The molecule has 0 aliphatic heterocycles. The maximum Gasteiger partial charge on any atom is 0.185 e. The van der Waals surface area contributed by atoms with Crippen LogP contribution >= 0.6 is 11.3 Å². The molecule has 1 aliphatic rings. The molecule has 0 spiro atoms. The summed E-state index contributed by atoms with van der Waals surface area (Å²) >= 11 is 1.35. The number of nitriles is 1. The second kappa shape index (κ2) is 7.25. The molecule has 0 radical (unpaired) electrons. The van der Waals surface area contributed by atoms with Crippen molar-refractivity contribution in [1.29, 1.82) is 5.26 Å². The molecular weight excluding hydrogens is 320 g/mol. The normalized spacial score (nSPS) is 16.4. The van der Waals surface area contributed by atoms with Gasteiger partial charge in [-0.1, -0.05) is 29.8 Å². The lowest BCUT2D eigenvalue weighted by Gasteiger charge is -2.13. The van der Waals surface area contributed by atoms with Crippen molar-refractivity contribution in [3.63, 3.8) is 0 Å². The number of hydrogen-bond acceptors (Lipinski definition) is 5. The third-order valence-electron chi connectivity index (χ3n) is 4.21. The zero-order chi connectivity index (χ0) is 17.1. The quantitative estimate of drug-likeness (QED) is 0.761. The number of aromatic nitrogens is 1. The van der Waals surface area contributed by atoms with Crippen LogP contribution in [0.15, 0.2) is 29.6 Å². The van der Waals surface area contributed by atoms with E-state index in [1.807, 2.05) is 36.6 Å². The topological polar surface area (TPSA) is 63.0 Å². The van der Waals surface area contributed by atoms with Gasteiger partial charge < -0.3 is 4.74 Å². The van der Waals surface area contributed by atoms with E-state index >= 15 is 0 Å². The molecule has 0 N–H and O–H groups in total. The van der Waals surface area contributed by atoms with Gasteiger partial charge in [-0.2, -0.15) is 5.26 Å². The molecule has 2 aromatic rings. The minimum atomic E-state index is -0.858. The van der Waals surface area contributed by atoms with E-state index < -0.39 is 12.0 Å². The van der Waals surface area contributed by atoms with Crippen LogP contribution in [0.5, 0.6) is 0 Å². The Morgan fingerprint density at radius 1 is 1.42 bits per heavy atom. The smallest absolute Gasteiger partial charge is 0.185 e. The van der Waals surface area contributed by atoms with E-state index in [2.05, 4.69) is 11.1 Å². The Morgan fingerprint density at radius 3 is 2.75 bits per heavy atom. The molecule has 0 saturated heterocycles. The average Bonchev–Trinajstić information content (AvgIpc) is 3.30. The molecule has 1 aliphatic carbocycles. The van der Waals surface area contributed by atoms with Gasteiger partial charge in [0.2, 0.25) is 0 Å². The minimum absolute atomic E-state index is 0.206. The summed E-state index contributed by atoms with van der Waals surface area (Å²) in [6, 6.07) is 10.1. The zero-order valence-corrected chi connectivity index (χ0v) is 14.7. The van der Waals surface area contributed by atoms with Crippen molar-refractivity contribution in [1.82, 2.24) is 4.98 Å². The van der Waals surface area contributed by atoms with Crippen LogP contribution in [0, 0.1) is 24.2 Å². The van der Waals surface area contributed by atoms with Gasteiger partial charge in [-0.3, -0.25) is 4.79 Å². The first-order valence-corrected chi connectivity index (χ1v) is 9.04. The molecule has 1 heterocycles. The van der Waals surface area contributed by atoms with Crippen LogP contribution in [0.2, 0.25) is 0 Å². The standard InChI is InChI=1S/C19H20N2O2S/c1-12-3-7-15(8-4-12)17-11-24-19(21-17)16(9-20)18(22)13(2)23-10-14-5-6-14/h3-4,7-8,11,13-14,16H,5-6,10H2,1-2H3/t13-,16+/m0/s1. The van der Waals surface area contributed by atoms with Crippen molar-refractivity contribution < 1.29 is 9.53 Å². The van der Waals surface area contributed by atoms with Crippen LogP contribution in [0.4, 0.5) is 0 Å². The summed E-state index contributed by atoms with van der Waals surface area (Å²) in [6.07, 6.45) is 1.78. The van der Waals surface area contributed by atoms with Crippen LogP contribution in [-0.2, 0) is 9.53 Å². The highest BCUT2D eigenvalue weighted by molar-refractivity contribution is 7.10. The molecule has 5 heteroatoms. The number of carbonyl (C=O) groups is 1. The maximum absolute atomic E-state index is 12.5. The lowest BCUT2D eigenvalue weighted by Crippen LogP contribution is -2.27. The highest BCUT2D eigenvalue weighted by Crippen LogP contribution is 2.31. The van der Waals surface area contributed by atoms with E-state index in [1.165, 1.54) is 29.7 Å². The first-order valence-electron chi connectivity index (χ1n) is 8.16. The second-order valence-electron chi connectivity index (χ2n) is 6.32. The summed E-state index contributed by atoms with van der Waals surface area (Å²) in [5.74, 6) is -0.472. The Bertz CT molecular complexity index is 756. The molecule has 0 unspecified atom stereocenters. The average molecular weight is 340 g/mol. The van der Waals surface area contributed by atoms with Crippen molar-refractivity contribution in [2.24, 2.45) is 5.92 Å². The predicted molar refractivity (Wildman–Crippen MR) is 93.8 cm³/mol. The number of ether oxygens (including phenoxy) is 1. The Labute approximate surface area is 146 Å². The molecule has 1 aromatic carbocycles. The van der Waals surface area contributed by atoms with E-state index in [9.17, 15) is 10.1 Å². The Morgan fingerprint density at radius 2 is 2.12 bits per heavy atom. The van der Waals surface area contributed by atoms with Crippen LogP contribution in [-0.4, -0.2) is 23.5 Å². The summed E-state index contributed by atoms with van der Waals surface area (Å²) in [6.45, 7) is 4.37. The number of hydrogen-bond donors (Lipinski definition) is 0. The molecule has 124 valence electrons. The molecule has 0 bridgehead atoms. The number of nitrogens with zero attached hydrogens (tertiary/aromatic N) is 2. The van der Waals surface area contributed by atoms with Crippen molar-refractivity contribution >= 4 is 17.1 Å². The Balaban J connectivity index is 1.72. The number of carbonyl (C=O) groups excluding carboxylic acids is 1. The zero-order valence-electron chi connectivity index (χ0n) is 13.9. The summed E-state index contributed by atoms with van der Waals surface area (Å²) < 4.78 is 5.61. The fraction of sp³-hybridized carbons (Fsp3) is 0.421.